The van der Waals surface area contributed by atoms with Crippen LogP contribution in [0.3, 0.4) is 0 Å². The second-order valence-electron chi connectivity index (χ2n) is 5.57. The van der Waals surface area contributed by atoms with Crippen LogP contribution in [0.1, 0.15) is 11.7 Å². The maximum atomic E-state index is 10.3. The molecule has 0 saturated heterocycles. The van der Waals surface area contributed by atoms with Crippen LogP contribution in [0.5, 0.6) is 0 Å². The Kier molecular flexibility index (Phi) is 4.45. The summed E-state index contributed by atoms with van der Waals surface area (Å²) in [6.45, 7) is 0. The molecular weight excluding hydrogens is 332 g/mol. The summed E-state index contributed by atoms with van der Waals surface area (Å²) in [5.41, 5.74) is 2.58. The molecule has 4 rings (SSSR count). The number of hydrogen-bond donors (Lipinski definition) is 1. The Balaban J connectivity index is 1.57. The highest BCUT2D eigenvalue weighted by Crippen LogP contribution is 2.24. The van der Waals surface area contributed by atoms with Crippen molar-refractivity contribution in [3.05, 3.63) is 78.4 Å². The van der Waals surface area contributed by atoms with E-state index in [1.807, 2.05) is 72.8 Å². The van der Waals surface area contributed by atoms with Crippen LogP contribution in [0.4, 0.5) is 0 Å². The number of aliphatic hydroxyl groups excluding tert-OH is 1. The van der Waals surface area contributed by atoms with E-state index in [2.05, 4.69) is 15.3 Å². The predicted octanol–water partition coefficient (Wildman–Crippen LogP) is 3.62. The summed E-state index contributed by atoms with van der Waals surface area (Å²) in [5.74, 6) is 1.24. The zero-order valence-electron chi connectivity index (χ0n) is 13.4. The van der Waals surface area contributed by atoms with E-state index in [1.54, 1.807) is 4.52 Å². The number of benzene rings is 2. The molecule has 0 amide bonds. The average molecular weight is 348 g/mol. The van der Waals surface area contributed by atoms with Gasteiger partial charge in [0.15, 0.2) is 11.5 Å². The number of thioether (sulfide) groups is 1. The zero-order chi connectivity index (χ0) is 17.1. The van der Waals surface area contributed by atoms with Gasteiger partial charge in [0.05, 0.1) is 6.10 Å². The van der Waals surface area contributed by atoms with E-state index in [0.717, 1.165) is 16.2 Å². The Hall–Kier alpha value is -2.70. The Morgan fingerprint density at radius 1 is 0.880 bits per heavy atom. The van der Waals surface area contributed by atoms with Gasteiger partial charge in [-0.15, -0.1) is 22.0 Å². The lowest BCUT2D eigenvalue weighted by Gasteiger charge is -2.10. The molecule has 5 nitrogen and oxygen atoms in total. The molecule has 0 aliphatic carbocycles. The summed E-state index contributed by atoms with van der Waals surface area (Å²) in [6, 6.07) is 23.3. The van der Waals surface area contributed by atoms with Crippen LogP contribution in [-0.4, -0.2) is 30.7 Å². The van der Waals surface area contributed by atoms with E-state index in [4.69, 9.17) is 0 Å². The molecule has 2 aromatic carbocycles. The highest BCUT2D eigenvalue weighted by Gasteiger charge is 2.12. The number of hydrogen-bond acceptors (Lipinski definition) is 5. The van der Waals surface area contributed by atoms with Crippen molar-refractivity contribution in [2.24, 2.45) is 0 Å². The van der Waals surface area contributed by atoms with Gasteiger partial charge >= 0.3 is 0 Å². The fraction of sp³-hybridized carbons (Fsp3) is 0.105. The fourth-order valence-corrected chi connectivity index (χ4v) is 3.38. The molecule has 0 fully saturated rings. The molecule has 0 aliphatic heterocycles. The minimum absolute atomic E-state index is 0.529. The van der Waals surface area contributed by atoms with Crippen LogP contribution in [0.2, 0.25) is 0 Å². The van der Waals surface area contributed by atoms with E-state index in [-0.39, 0.29) is 0 Å². The summed E-state index contributed by atoms with van der Waals surface area (Å²) >= 11 is 1.51. The molecule has 6 heteroatoms. The van der Waals surface area contributed by atoms with E-state index in [9.17, 15) is 5.11 Å². The first kappa shape index (κ1) is 15.8. The molecule has 0 bridgehead atoms. The van der Waals surface area contributed by atoms with Crippen LogP contribution >= 0.6 is 11.8 Å². The lowest BCUT2D eigenvalue weighted by Crippen LogP contribution is -2.02. The Morgan fingerprint density at radius 3 is 2.36 bits per heavy atom. The molecule has 0 radical (unpaired) electrons. The van der Waals surface area contributed by atoms with Crippen molar-refractivity contribution >= 4 is 17.4 Å². The molecule has 124 valence electrons. The van der Waals surface area contributed by atoms with Gasteiger partial charge in [0.25, 0.3) is 0 Å². The van der Waals surface area contributed by atoms with Crippen LogP contribution in [0.15, 0.2) is 77.8 Å². The molecule has 4 aromatic rings. The summed E-state index contributed by atoms with van der Waals surface area (Å²) < 4.78 is 1.74. The van der Waals surface area contributed by atoms with Gasteiger partial charge in [-0.1, -0.05) is 60.7 Å². The zero-order valence-corrected chi connectivity index (χ0v) is 14.2. The van der Waals surface area contributed by atoms with Gasteiger partial charge in [-0.3, -0.25) is 0 Å². The summed E-state index contributed by atoms with van der Waals surface area (Å²) in [6.07, 6.45) is -0.529. The maximum absolute atomic E-state index is 10.3. The molecule has 0 aliphatic rings. The monoisotopic (exact) mass is 348 g/mol. The Bertz CT molecular complexity index is 973. The normalized spacial score (nSPS) is 12.4. The van der Waals surface area contributed by atoms with Crippen molar-refractivity contribution in [2.75, 3.05) is 5.75 Å². The van der Waals surface area contributed by atoms with Gasteiger partial charge in [0, 0.05) is 11.3 Å². The number of aliphatic hydroxyl groups is 1. The SMILES string of the molecule is O[C@@H](CSc1ccc2nnc(-c3ccccc3)n2n1)c1ccccc1. The van der Waals surface area contributed by atoms with Crippen LogP contribution in [-0.2, 0) is 0 Å². The first-order valence-corrected chi connectivity index (χ1v) is 8.93. The molecule has 0 spiro atoms. The lowest BCUT2D eigenvalue weighted by molar-refractivity contribution is 0.204. The molecule has 0 saturated carbocycles. The van der Waals surface area contributed by atoms with Gasteiger partial charge in [0.2, 0.25) is 0 Å². The Morgan fingerprint density at radius 2 is 1.60 bits per heavy atom. The minimum Gasteiger partial charge on any atom is -0.388 e. The molecule has 1 N–H and O–H groups in total. The maximum Gasteiger partial charge on any atom is 0.185 e. The minimum atomic E-state index is -0.529. The molecule has 2 aromatic heterocycles. The van der Waals surface area contributed by atoms with Gasteiger partial charge in [-0.25, -0.2) is 0 Å². The summed E-state index contributed by atoms with van der Waals surface area (Å²) in [5, 5.41) is 24.2. The molecular formula is C19H16N4OS. The number of fused-ring (bicyclic) bond motifs is 1. The molecule has 2 heterocycles. The molecule has 25 heavy (non-hydrogen) atoms. The topological polar surface area (TPSA) is 63.3 Å². The van der Waals surface area contributed by atoms with E-state index < -0.39 is 6.10 Å². The summed E-state index contributed by atoms with van der Waals surface area (Å²) in [7, 11) is 0. The van der Waals surface area contributed by atoms with E-state index in [0.29, 0.717) is 17.2 Å². The highest BCUT2D eigenvalue weighted by molar-refractivity contribution is 7.99. The van der Waals surface area contributed by atoms with Gasteiger partial charge < -0.3 is 5.11 Å². The second-order valence-corrected chi connectivity index (χ2v) is 6.61. The first-order chi connectivity index (χ1) is 12.3. The molecule has 1 atom stereocenters. The van der Waals surface area contributed by atoms with E-state index >= 15 is 0 Å². The second kappa shape index (κ2) is 7.04. The lowest BCUT2D eigenvalue weighted by atomic mass is 10.1. The largest absolute Gasteiger partial charge is 0.388 e. The van der Waals surface area contributed by atoms with Crippen LogP contribution in [0.25, 0.3) is 17.0 Å². The third-order valence-electron chi connectivity index (χ3n) is 3.84. The third kappa shape index (κ3) is 3.40. The van der Waals surface area contributed by atoms with E-state index in [1.165, 1.54) is 11.8 Å². The average Bonchev–Trinajstić information content (AvgIpc) is 3.10. The molecule has 0 unspecified atom stereocenters. The smallest absolute Gasteiger partial charge is 0.185 e. The quantitative estimate of drug-likeness (QED) is 0.558. The van der Waals surface area contributed by atoms with Crippen LogP contribution in [0, 0.1) is 0 Å². The van der Waals surface area contributed by atoms with Crippen molar-refractivity contribution < 1.29 is 5.11 Å². The van der Waals surface area contributed by atoms with Crippen molar-refractivity contribution in [3.63, 3.8) is 0 Å². The first-order valence-electron chi connectivity index (χ1n) is 7.95. The van der Waals surface area contributed by atoms with Crippen molar-refractivity contribution in [2.45, 2.75) is 11.1 Å². The van der Waals surface area contributed by atoms with Crippen molar-refractivity contribution in [1.82, 2.24) is 19.8 Å². The Labute approximate surface area is 149 Å². The number of nitrogens with zero attached hydrogens (tertiary/aromatic N) is 4. The van der Waals surface area contributed by atoms with Crippen molar-refractivity contribution in [3.8, 4) is 11.4 Å². The van der Waals surface area contributed by atoms with Gasteiger partial charge in [-0.2, -0.15) is 9.61 Å². The third-order valence-corrected chi connectivity index (χ3v) is 4.84. The predicted molar refractivity (Wildman–Crippen MR) is 98.3 cm³/mol. The van der Waals surface area contributed by atoms with Crippen LogP contribution < -0.4 is 0 Å². The number of rotatable bonds is 5. The van der Waals surface area contributed by atoms with Gasteiger partial charge in [-0.05, 0) is 17.7 Å². The summed E-state index contributed by atoms with van der Waals surface area (Å²) in [4.78, 5) is 0. The standard InChI is InChI=1S/C19H16N4OS/c24-16(14-7-3-1-4-8-14)13-25-18-12-11-17-20-21-19(23(17)22-18)15-9-5-2-6-10-15/h1-12,16,24H,13H2/t16-/m0/s1. The number of aromatic nitrogens is 4. The van der Waals surface area contributed by atoms with Crippen molar-refractivity contribution in [1.29, 1.82) is 0 Å². The highest BCUT2D eigenvalue weighted by atomic mass is 32.2. The van der Waals surface area contributed by atoms with Gasteiger partial charge in [0.1, 0.15) is 5.03 Å². The fourth-order valence-electron chi connectivity index (χ4n) is 2.55.